The second kappa shape index (κ2) is 9.05. The van der Waals surface area contributed by atoms with E-state index in [9.17, 15) is 14.9 Å². The fourth-order valence-electron chi connectivity index (χ4n) is 5.83. The third-order valence-corrected chi connectivity index (χ3v) is 7.78. The van der Waals surface area contributed by atoms with E-state index < -0.39 is 0 Å². The van der Waals surface area contributed by atoms with Crippen molar-refractivity contribution >= 4 is 39.3 Å². The van der Waals surface area contributed by atoms with Gasteiger partial charge in [0, 0.05) is 28.9 Å². The summed E-state index contributed by atoms with van der Waals surface area (Å²) in [4.78, 5) is 31.2. The van der Waals surface area contributed by atoms with Crippen molar-refractivity contribution in [2.24, 2.45) is 0 Å². The molecule has 1 aliphatic rings. The molecule has 0 fully saturated rings. The molecule has 1 aromatic heterocycles. The van der Waals surface area contributed by atoms with Gasteiger partial charge in [-0.25, -0.2) is 4.85 Å². The predicted octanol–water partition coefficient (Wildman–Crippen LogP) is 7.77. The van der Waals surface area contributed by atoms with E-state index >= 15 is 0 Å². The molecule has 41 heavy (non-hydrogen) atoms. The summed E-state index contributed by atoms with van der Waals surface area (Å²) < 4.78 is 2.10. The van der Waals surface area contributed by atoms with Gasteiger partial charge >= 0.3 is 0 Å². The van der Waals surface area contributed by atoms with Crippen molar-refractivity contribution in [1.82, 2.24) is 9.47 Å². The van der Waals surface area contributed by atoms with Crippen LogP contribution in [-0.2, 0) is 0 Å². The van der Waals surface area contributed by atoms with Gasteiger partial charge in [-0.05, 0) is 35.4 Å². The smallest absolute Gasteiger partial charge is 0.263 e. The topological polar surface area (TPSA) is 70.5 Å². The Kier molecular flexibility index (Phi) is 5.32. The monoisotopic (exact) mass is 528 g/mol. The Labute approximate surface area is 235 Å². The van der Waals surface area contributed by atoms with E-state index in [0.717, 1.165) is 49.0 Å². The van der Waals surface area contributed by atoms with Crippen LogP contribution in [0.3, 0.4) is 0 Å². The quantitative estimate of drug-likeness (QED) is 0.174. The van der Waals surface area contributed by atoms with Crippen LogP contribution < -0.4 is 0 Å². The van der Waals surface area contributed by atoms with Gasteiger partial charge in [-0.3, -0.25) is 14.5 Å². The van der Waals surface area contributed by atoms with E-state index in [-0.39, 0.29) is 11.8 Å². The molecule has 0 aliphatic carbocycles. The van der Waals surface area contributed by atoms with Crippen molar-refractivity contribution in [3.63, 3.8) is 0 Å². The Morgan fingerprint density at radius 3 is 1.78 bits per heavy atom. The molecule has 0 unspecified atom stereocenters. The maximum absolute atomic E-state index is 13.5. The molecule has 0 atom stereocenters. The fraction of sp³-hybridized carbons (Fsp3) is 0.0286. The number of para-hydroxylation sites is 2. The van der Waals surface area contributed by atoms with Gasteiger partial charge in [0.2, 0.25) is 0 Å². The van der Waals surface area contributed by atoms with Crippen LogP contribution >= 0.6 is 0 Å². The Hall–Kier alpha value is -5.98. The average Bonchev–Trinajstić information content (AvgIpc) is 3.48. The molecule has 0 bridgehead atoms. The second-order valence-corrected chi connectivity index (χ2v) is 9.96. The van der Waals surface area contributed by atoms with Crippen LogP contribution in [0.5, 0.6) is 0 Å². The first-order valence-corrected chi connectivity index (χ1v) is 13.0. The molecular formula is C35H20N4O2. The van der Waals surface area contributed by atoms with E-state index in [1.165, 1.54) is 7.05 Å². The highest BCUT2D eigenvalue weighted by atomic mass is 16.2. The number of nitriles is 1. The number of rotatable bonds is 3. The molecule has 6 aromatic rings. The Balaban J connectivity index is 1.66. The Bertz CT molecular complexity index is 2040. The van der Waals surface area contributed by atoms with Crippen LogP contribution in [0, 0.1) is 17.9 Å². The van der Waals surface area contributed by atoms with Crippen molar-refractivity contribution in [3.05, 3.63) is 131 Å². The molecule has 6 heteroatoms. The molecule has 0 saturated heterocycles. The number of amides is 2. The lowest BCUT2D eigenvalue weighted by molar-refractivity contribution is 0.0693. The van der Waals surface area contributed by atoms with Gasteiger partial charge in [0.15, 0.2) is 5.69 Å². The van der Waals surface area contributed by atoms with E-state index in [0.29, 0.717) is 28.1 Å². The number of hydrogen-bond acceptors (Lipinski definition) is 3. The molecule has 0 radical (unpaired) electrons. The summed E-state index contributed by atoms with van der Waals surface area (Å²) >= 11 is 0. The van der Waals surface area contributed by atoms with Gasteiger partial charge in [0.1, 0.15) is 0 Å². The van der Waals surface area contributed by atoms with Crippen molar-refractivity contribution < 1.29 is 9.59 Å². The highest BCUT2D eigenvalue weighted by Crippen LogP contribution is 2.43. The molecule has 2 heterocycles. The first-order chi connectivity index (χ1) is 20.0. The van der Waals surface area contributed by atoms with Crippen LogP contribution in [0.15, 0.2) is 103 Å². The summed E-state index contributed by atoms with van der Waals surface area (Å²) in [6.07, 6.45) is 0. The summed E-state index contributed by atoms with van der Waals surface area (Å²) in [5.41, 5.74) is 7.99. The van der Waals surface area contributed by atoms with Crippen molar-refractivity contribution in [3.8, 4) is 34.0 Å². The van der Waals surface area contributed by atoms with Crippen LogP contribution in [-0.4, -0.2) is 28.3 Å². The SMILES string of the molecule is [C-]#[N+]c1ccc(-c2cccc3c4cccc(-c5ccc(C#N)cc5)c4n(-c4cccc5c4C(=O)N(C)C5=O)c23)cc1. The lowest BCUT2D eigenvalue weighted by Crippen LogP contribution is -2.24. The standard InChI is InChI=1S/C35H20N4O2/c1-37-24-18-16-23(17-19-24)26-7-4-9-28-27-8-3-6-25(22-14-12-21(20-36)13-15-22)32(27)39(33(26)28)30-11-5-10-29-31(30)35(41)38(2)34(29)40/h3-19H,2H3. The molecule has 5 aromatic carbocycles. The van der Waals surface area contributed by atoms with Crippen molar-refractivity contribution in [2.45, 2.75) is 0 Å². The number of hydrogen-bond donors (Lipinski definition) is 0. The fourth-order valence-corrected chi connectivity index (χ4v) is 5.83. The third kappa shape index (κ3) is 3.49. The van der Waals surface area contributed by atoms with Gasteiger partial charge in [-0.1, -0.05) is 78.9 Å². The van der Waals surface area contributed by atoms with Crippen molar-refractivity contribution in [1.29, 1.82) is 5.26 Å². The van der Waals surface area contributed by atoms with Gasteiger partial charge < -0.3 is 4.57 Å². The predicted molar refractivity (Wildman–Crippen MR) is 159 cm³/mol. The van der Waals surface area contributed by atoms with Gasteiger partial charge in [-0.2, -0.15) is 5.26 Å². The lowest BCUT2D eigenvalue weighted by Gasteiger charge is -2.16. The largest absolute Gasteiger partial charge is 0.307 e. The normalized spacial score (nSPS) is 12.5. The summed E-state index contributed by atoms with van der Waals surface area (Å²) in [5, 5.41) is 11.3. The minimum absolute atomic E-state index is 0.324. The molecule has 1 aliphatic heterocycles. The molecule has 0 N–H and O–H groups in total. The maximum atomic E-state index is 13.5. The van der Waals surface area contributed by atoms with E-state index in [1.54, 1.807) is 30.3 Å². The lowest BCUT2D eigenvalue weighted by atomic mass is 9.99. The summed E-state index contributed by atoms with van der Waals surface area (Å²) in [5.74, 6) is -0.666. The number of imide groups is 1. The number of nitrogens with zero attached hydrogens (tertiary/aromatic N) is 4. The minimum Gasteiger partial charge on any atom is -0.307 e. The zero-order chi connectivity index (χ0) is 28.2. The van der Waals surface area contributed by atoms with E-state index in [1.807, 2.05) is 60.7 Å². The zero-order valence-corrected chi connectivity index (χ0v) is 21.9. The first-order valence-electron chi connectivity index (χ1n) is 13.0. The number of fused-ring (bicyclic) bond motifs is 4. The van der Waals surface area contributed by atoms with Crippen LogP contribution in [0.2, 0.25) is 0 Å². The Morgan fingerprint density at radius 2 is 1.22 bits per heavy atom. The maximum Gasteiger partial charge on any atom is 0.263 e. The number of benzene rings is 5. The molecule has 192 valence electrons. The van der Waals surface area contributed by atoms with Gasteiger partial charge in [0.25, 0.3) is 11.8 Å². The highest BCUT2D eigenvalue weighted by molar-refractivity contribution is 6.24. The zero-order valence-electron chi connectivity index (χ0n) is 21.9. The van der Waals surface area contributed by atoms with E-state index in [2.05, 4.69) is 27.6 Å². The molecule has 2 amide bonds. The summed E-state index contributed by atoms with van der Waals surface area (Å²) in [6, 6.07) is 34.7. The molecule has 0 saturated carbocycles. The molecule has 0 spiro atoms. The number of carbonyl (C=O) groups excluding carboxylic acids is 2. The second-order valence-electron chi connectivity index (χ2n) is 9.96. The van der Waals surface area contributed by atoms with Gasteiger partial charge in [0.05, 0.1) is 46.1 Å². The third-order valence-electron chi connectivity index (χ3n) is 7.78. The first kappa shape index (κ1) is 24.1. The van der Waals surface area contributed by atoms with Crippen LogP contribution in [0.4, 0.5) is 5.69 Å². The van der Waals surface area contributed by atoms with Crippen LogP contribution in [0.1, 0.15) is 26.3 Å². The molecular weight excluding hydrogens is 508 g/mol. The van der Waals surface area contributed by atoms with E-state index in [4.69, 9.17) is 6.57 Å². The van der Waals surface area contributed by atoms with Crippen molar-refractivity contribution in [2.75, 3.05) is 7.05 Å². The minimum atomic E-state index is -0.342. The molecule has 6 nitrogen and oxygen atoms in total. The average molecular weight is 529 g/mol. The number of aromatic nitrogens is 1. The number of carbonyl (C=O) groups is 2. The van der Waals surface area contributed by atoms with Gasteiger partial charge in [-0.15, -0.1) is 0 Å². The summed E-state index contributed by atoms with van der Waals surface area (Å²) in [6.45, 7) is 7.36. The van der Waals surface area contributed by atoms with Crippen LogP contribution in [0.25, 0.3) is 54.6 Å². The highest BCUT2D eigenvalue weighted by Gasteiger charge is 2.36. The Morgan fingerprint density at radius 1 is 0.683 bits per heavy atom. The molecule has 7 rings (SSSR count). The summed E-state index contributed by atoms with van der Waals surface area (Å²) in [7, 11) is 1.51.